The lowest BCUT2D eigenvalue weighted by Crippen LogP contribution is -2.19. The van der Waals surface area contributed by atoms with Crippen LogP contribution in [0.15, 0.2) is 23.5 Å². The second kappa shape index (κ2) is 4.38. The lowest BCUT2D eigenvalue weighted by Gasteiger charge is -2.07. The number of aromatic amines is 1. The first-order valence-electron chi connectivity index (χ1n) is 4.76. The molecule has 0 atom stereocenters. The highest BCUT2D eigenvalue weighted by Gasteiger charge is 2.20. The average molecular weight is 286 g/mol. The van der Waals surface area contributed by atoms with Crippen LogP contribution >= 0.6 is 12.2 Å². The van der Waals surface area contributed by atoms with Gasteiger partial charge in [0.05, 0.1) is 18.0 Å². The molecule has 0 radical (unpaired) electrons. The average Bonchev–Trinajstić information content (AvgIpc) is 2.86. The third kappa shape index (κ3) is 2.19. The van der Waals surface area contributed by atoms with Crippen LogP contribution < -0.4 is 10.5 Å². The minimum absolute atomic E-state index is 0.0194. The van der Waals surface area contributed by atoms with E-state index in [9.17, 15) is 8.42 Å². The van der Waals surface area contributed by atoms with Crippen LogP contribution in [0.25, 0.3) is 0 Å². The fraction of sp³-hybridized carbons (Fsp3) is 0.125. The van der Waals surface area contributed by atoms with Crippen molar-refractivity contribution in [2.24, 2.45) is 12.8 Å². The molecule has 2 aromatic rings. The molecule has 0 bridgehead atoms. The monoisotopic (exact) mass is 286 g/mol. The second-order valence-corrected chi connectivity index (χ2v) is 5.49. The van der Waals surface area contributed by atoms with Gasteiger partial charge >= 0.3 is 0 Å². The zero-order chi connectivity index (χ0) is 13.3. The molecule has 0 amide bonds. The van der Waals surface area contributed by atoms with Crippen molar-refractivity contribution in [1.29, 1.82) is 0 Å². The highest BCUT2D eigenvalue weighted by Crippen LogP contribution is 2.16. The third-order valence-corrected chi connectivity index (χ3v) is 3.84. The van der Waals surface area contributed by atoms with E-state index in [1.165, 1.54) is 30.2 Å². The Morgan fingerprint density at radius 1 is 1.61 bits per heavy atom. The van der Waals surface area contributed by atoms with Crippen molar-refractivity contribution < 1.29 is 8.42 Å². The van der Waals surface area contributed by atoms with E-state index in [1.54, 1.807) is 0 Å². The Morgan fingerprint density at radius 2 is 2.33 bits per heavy atom. The number of nitrogens with zero attached hydrogens (tertiary/aromatic N) is 3. The van der Waals surface area contributed by atoms with Crippen LogP contribution in [0.1, 0.15) is 5.56 Å². The molecule has 18 heavy (non-hydrogen) atoms. The van der Waals surface area contributed by atoms with Crippen LogP contribution in [-0.4, -0.2) is 33.4 Å². The van der Waals surface area contributed by atoms with Gasteiger partial charge in [0.2, 0.25) is 0 Å². The van der Waals surface area contributed by atoms with E-state index in [1.807, 2.05) is 0 Å². The molecule has 96 valence electrons. The van der Waals surface area contributed by atoms with Crippen LogP contribution in [0.2, 0.25) is 0 Å². The Balaban J connectivity index is 2.37. The normalized spacial score (nSPS) is 11.4. The lowest BCUT2D eigenvalue weighted by atomic mass is 10.3. The standard InChI is InChI=1S/C8H10N6O2S2/c1-14-6(2-3-11-14)18(15,16)13-8-5(7(9)17)4-10-12-8/h2-4H,1H3,(H2,9,17)(H2,10,12,13). The van der Waals surface area contributed by atoms with Gasteiger partial charge in [0.1, 0.15) is 10.8 Å². The van der Waals surface area contributed by atoms with Crippen molar-refractivity contribution in [1.82, 2.24) is 20.0 Å². The summed E-state index contributed by atoms with van der Waals surface area (Å²) in [5, 5.41) is 9.99. The minimum atomic E-state index is -3.76. The predicted octanol–water partition coefficient (Wildman–Crippen LogP) is -0.422. The van der Waals surface area contributed by atoms with E-state index in [0.29, 0.717) is 5.56 Å². The number of anilines is 1. The molecule has 0 unspecified atom stereocenters. The summed E-state index contributed by atoms with van der Waals surface area (Å²) in [5.41, 5.74) is 5.77. The SMILES string of the molecule is Cn1nccc1S(=O)(=O)Nc1[nH]ncc1C(N)=S. The van der Waals surface area contributed by atoms with E-state index < -0.39 is 10.0 Å². The van der Waals surface area contributed by atoms with Gasteiger partial charge in [0.25, 0.3) is 10.0 Å². The van der Waals surface area contributed by atoms with Gasteiger partial charge in [-0.05, 0) is 6.07 Å². The Bertz CT molecular complexity index is 686. The molecule has 2 rings (SSSR count). The summed E-state index contributed by atoms with van der Waals surface area (Å²) >= 11 is 4.78. The van der Waals surface area contributed by atoms with Crippen molar-refractivity contribution >= 4 is 33.0 Å². The summed E-state index contributed by atoms with van der Waals surface area (Å²) in [6, 6.07) is 1.37. The zero-order valence-corrected chi connectivity index (χ0v) is 10.9. The highest BCUT2D eigenvalue weighted by molar-refractivity contribution is 7.92. The fourth-order valence-corrected chi connectivity index (χ4v) is 2.68. The van der Waals surface area contributed by atoms with E-state index in [2.05, 4.69) is 20.0 Å². The molecule has 0 aromatic carbocycles. The molecule has 2 heterocycles. The number of aromatic nitrogens is 4. The van der Waals surface area contributed by atoms with E-state index in [4.69, 9.17) is 18.0 Å². The third-order valence-electron chi connectivity index (χ3n) is 2.19. The molecule has 8 nitrogen and oxygen atoms in total. The molecule has 0 saturated heterocycles. The number of sulfonamides is 1. The van der Waals surface area contributed by atoms with E-state index >= 15 is 0 Å². The highest BCUT2D eigenvalue weighted by atomic mass is 32.2. The van der Waals surface area contributed by atoms with Crippen LogP contribution in [0.5, 0.6) is 0 Å². The maximum absolute atomic E-state index is 12.1. The molecule has 0 aliphatic rings. The number of hydrogen-bond acceptors (Lipinski definition) is 5. The van der Waals surface area contributed by atoms with Gasteiger partial charge in [0.15, 0.2) is 5.03 Å². The summed E-state index contributed by atoms with van der Waals surface area (Å²) in [4.78, 5) is 0.0476. The maximum Gasteiger partial charge on any atom is 0.280 e. The largest absolute Gasteiger partial charge is 0.389 e. The first kappa shape index (κ1) is 12.5. The Hall–Kier alpha value is -1.94. The van der Waals surface area contributed by atoms with Gasteiger partial charge in [-0.2, -0.15) is 18.6 Å². The number of nitrogens with two attached hydrogens (primary N) is 1. The number of rotatable bonds is 4. The number of aryl methyl sites for hydroxylation is 1. The number of thiocarbonyl (C=S) groups is 1. The molecular weight excluding hydrogens is 276 g/mol. The quantitative estimate of drug-likeness (QED) is 0.657. The smallest absolute Gasteiger partial charge is 0.280 e. The van der Waals surface area contributed by atoms with E-state index in [-0.39, 0.29) is 15.8 Å². The van der Waals surface area contributed by atoms with Gasteiger partial charge in [-0.25, -0.2) is 0 Å². The molecule has 2 aromatic heterocycles. The molecular formula is C8H10N6O2S2. The first-order valence-corrected chi connectivity index (χ1v) is 6.65. The predicted molar refractivity (Wildman–Crippen MR) is 68.5 cm³/mol. The molecule has 4 N–H and O–H groups in total. The molecule has 0 fully saturated rings. The van der Waals surface area contributed by atoms with Crippen molar-refractivity contribution in [2.75, 3.05) is 4.72 Å². The minimum Gasteiger partial charge on any atom is -0.389 e. The number of nitrogens with one attached hydrogen (secondary N) is 2. The molecule has 10 heteroatoms. The molecule has 0 saturated carbocycles. The van der Waals surface area contributed by atoms with Crippen molar-refractivity contribution in [3.05, 3.63) is 24.0 Å². The van der Waals surface area contributed by atoms with Crippen LogP contribution in [0.4, 0.5) is 5.82 Å². The van der Waals surface area contributed by atoms with Gasteiger partial charge in [-0.1, -0.05) is 12.2 Å². The van der Waals surface area contributed by atoms with Gasteiger partial charge < -0.3 is 5.73 Å². The second-order valence-electron chi connectivity index (χ2n) is 3.42. The van der Waals surface area contributed by atoms with Crippen molar-refractivity contribution in [3.63, 3.8) is 0 Å². The van der Waals surface area contributed by atoms with E-state index in [0.717, 1.165) is 0 Å². The summed E-state index contributed by atoms with van der Waals surface area (Å²) in [7, 11) is -2.24. The van der Waals surface area contributed by atoms with Gasteiger partial charge in [0, 0.05) is 7.05 Å². The van der Waals surface area contributed by atoms with Gasteiger partial charge in [-0.15, -0.1) is 0 Å². The summed E-state index contributed by atoms with van der Waals surface area (Å²) < 4.78 is 27.7. The molecule has 0 aliphatic heterocycles. The summed E-state index contributed by atoms with van der Waals surface area (Å²) in [6.45, 7) is 0. The lowest BCUT2D eigenvalue weighted by molar-refractivity contribution is 0.582. The summed E-state index contributed by atoms with van der Waals surface area (Å²) in [6.07, 6.45) is 2.74. The first-order chi connectivity index (χ1) is 8.42. The van der Waals surface area contributed by atoms with Crippen LogP contribution in [0.3, 0.4) is 0 Å². The fourth-order valence-electron chi connectivity index (χ4n) is 1.36. The molecule has 0 aliphatic carbocycles. The zero-order valence-electron chi connectivity index (χ0n) is 9.28. The molecule has 0 spiro atoms. The Morgan fingerprint density at radius 3 is 2.89 bits per heavy atom. The topological polar surface area (TPSA) is 119 Å². The number of H-pyrrole nitrogens is 1. The van der Waals surface area contributed by atoms with Crippen LogP contribution in [0, 0.1) is 0 Å². The van der Waals surface area contributed by atoms with Gasteiger partial charge in [-0.3, -0.25) is 14.5 Å². The summed E-state index contributed by atoms with van der Waals surface area (Å²) in [5.74, 6) is 0.128. The number of hydrogen-bond donors (Lipinski definition) is 3. The van der Waals surface area contributed by atoms with Crippen LogP contribution in [-0.2, 0) is 17.1 Å². The van der Waals surface area contributed by atoms with Crippen molar-refractivity contribution in [2.45, 2.75) is 5.03 Å². The maximum atomic E-state index is 12.1. The Kier molecular flexibility index (Phi) is 3.05. The Labute approximate surface area is 108 Å². The van der Waals surface area contributed by atoms with Crippen molar-refractivity contribution in [3.8, 4) is 0 Å².